The van der Waals surface area contributed by atoms with Gasteiger partial charge in [-0.15, -0.1) is 0 Å². The van der Waals surface area contributed by atoms with Gasteiger partial charge in [-0.25, -0.2) is 18.2 Å². The van der Waals surface area contributed by atoms with Crippen LogP contribution in [0, 0.1) is 17.5 Å². The van der Waals surface area contributed by atoms with Crippen LogP contribution in [0.25, 0.3) is 10.9 Å². The molecule has 2 heterocycles. The second-order valence-corrected chi connectivity index (χ2v) is 5.27. The van der Waals surface area contributed by atoms with Crippen molar-refractivity contribution in [3.05, 3.63) is 17.5 Å². The van der Waals surface area contributed by atoms with E-state index in [4.69, 9.17) is 11.5 Å². The van der Waals surface area contributed by atoms with Crippen molar-refractivity contribution in [2.45, 2.75) is 0 Å². The molecule has 9 heteroatoms. The van der Waals surface area contributed by atoms with Gasteiger partial charge in [-0.1, -0.05) is 0 Å². The molecule has 1 aromatic carbocycles. The van der Waals surface area contributed by atoms with Crippen LogP contribution in [-0.2, 0) is 0 Å². The van der Waals surface area contributed by atoms with E-state index in [0.29, 0.717) is 26.2 Å². The van der Waals surface area contributed by atoms with Gasteiger partial charge in [-0.05, 0) is 7.05 Å². The normalized spacial score (nSPS) is 16.5. The number of hydrogen-bond acceptors (Lipinski definition) is 6. The zero-order chi connectivity index (χ0) is 16.0. The Balaban J connectivity index is 2.23. The van der Waals surface area contributed by atoms with Crippen molar-refractivity contribution >= 4 is 28.4 Å². The van der Waals surface area contributed by atoms with Crippen molar-refractivity contribution in [2.75, 3.05) is 49.6 Å². The van der Waals surface area contributed by atoms with Crippen LogP contribution in [0.1, 0.15) is 0 Å². The Morgan fingerprint density at radius 2 is 1.55 bits per heavy atom. The molecule has 1 fully saturated rings. The number of aromatic nitrogens is 2. The minimum absolute atomic E-state index is 0.292. The van der Waals surface area contributed by atoms with Crippen LogP contribution in [0.4, 0.5) is 30.6 Å². The minimum Gasteiger partial charge on any atom is -0.383 e. The van der Waals surface area contributed by atoms with E-state index in [0.717, 1.165) is 0 Å². The third-order valence-corrected chi connectivity index (χ3v) is 3.81. The molecule has 0 unspecified atom stereocenters. The molecular formula is C13H15F3N6. The number of hydrogen-bond donors (Lipinski definition) is 2. The van der Waals surface area contributed by atoms with E-state index >= 15 is 0 Å². The Bertz CT molecular complexity index is 743. The topological polar surface area (TPSA) is 84.3 Å². The molecule has 1 saturated heterocycles. The lowest BCUT2D eigenvalue weighted by Crippen LogP contribution is -2.45. The Morgan fingerprint density at radius 1 is 0.909 bits per heavy atom. The Kier molecular flexibility index (Phi) is 3.44. The summed E-state index contributed by atoms with van der Waals surface area (Å²) in [6, 6.07) is 0. The maximum Gasteiger partial charge on any atom is 0.222 e. The van der Waals surface area contributed by atoms with Crippen LogP contribution < -0.4 is 16.4 Å². The minimum atomic E-state index is -1.28. The molecule has 118 valence electrons. The number of nitrogens with zero attached hydrogens (tertiary/aromatic N) is 4. The molecule has 1 aromatic heterocycles. The van der Waals surface area contributed by atoms with Crippen LogP contribution in [0.5, 0.6) is 0 Å². The number of piperazine rings is 1. The molecule has 0 aliphatic carbocycles. The number of rotatable bonds is 1. The standard InChI is InChI=1S/C13H15F3N6/c1-21-2-4-22(5-3-21)11-8(15)7(14)6-10(9(11)16)19-13(18)20-12(6)17/h2-5H2,1H3,(H4,17,18,19,20). The molecule has 1 aliphatic rings. The average molecular weight is 312 g/mol. The van der Waals surface area contributed by atoms with Gasteiger partial charge in [0, 0.05) is 26.2 Å². The van der Waals surface area contributed by atoms with Crippen molar-refractivity contribution in [1.82, 2.24) is 14.9 Å². The molecule has 0 bridgehead atoms. The van der Waals surface area contributed by atoms with Crippen LogP contribution in [0.2, 0.25) is 0 Å². The molecule has 0 saturated carbocycles. The molecule has 0 amide bonds. The van der Waals surface area contributed by atoms with Crippen molar-refractivity contribution < 1.29 is 13.2 Å². The van der Waals surface area contributed by atoms with Crippen molar-refractivity contribution in [3.8, 4) is 0 Å². The lowest BCUT2D eigenvalue weighted by atomic mass is 10.1. The maximum atomic E-state index is 14.7. The van der Waals surface area contributed by atoms with E-state index in [-0.39, 0.29) is 11.8 Å². The summed E-state index contributed by atoms with van der Waals surface area (Å²) >= 11 is 0. The summed E-state index contributed by atoms with van der Waals surface area (Å²) in [6.07, 6.45) is 0. The number of halogens is 3. The Hall–Kier alpha value is -2.29. The Labute approximate surface area is 124 Å². The van der Waals surface area contributed by atoms with Gasteiger partial charge in [0.25, 0.3) is 0 Å². The van der Waals surface area contributed by atoms with Crippen molar-refractivity contribution in [3.63, 3.8) is 0 Å². The molecule has 22 heavy (non-hydrogen) atoms. The maximum absolute atomic E-state index is 14.7. The predicted molar refractivity (Wildman–Crippen MR) is 77.9 cm³/mol. The van der Waals surface area contributed by atoms with Gasteiger partial charge in [0.15, 0.2) is 17.5 Å². The number of likely N-dealkylation sites (N-methyl/N-ethyl adjacent to an activating group) is 1. The highest BCUT2D eigenvalue weighted by Crippen LogP contribution is 2.35. The van der Waals surface area contributed by atoms with Crippen LogP contribution in [0.15, 0.2) is 0 Å². The van der Waals surface area contributed by atoms with E-state index < -0.39 is 34.0 Å². The number of benzene rings is 1. The summed E-state index contributed by atoms with van der Waals surface area (Å²) in [5.41, 5.74) is 10.1. The molecule has 4 N–H and O–H groups in total. The van der Waals surface area contributed by atoms with Crippen LogP contribution in [0.3, 0.4) is 0 Å². The van der Waals surface area contributed by atoms with E-state index in [1.54, 1.807) is 0 Å². The van der Waals surface area contributed by atoms with Gasteiger partial charge in [-0.2, -0.15) is 4.98 Å². The molecule has 3 rings (SSSR count). The molecule has 0 spiro atoms. The van der Waals surface area contributed by atoms with Gasteiger partial charge >= 0.3 is 0 Å². The monoisotopic (exact) mass is 312 g/mol. The number of nitrogens with two attached hydrogens (primary N) is 2. The van der Waals surface area contributed by atoms with Gasteiger partial charge < -0.3 is 21.3 Å². The van der Waals surface area contributed by atoms with Crippen molar-refractivity contribution in [1.29, 1.82) is 0 Å². The lowest BCUT2D eigenvalue weighted by molar-refractivity contribution is 0.310. The number of fused-ring (bicyclic) bond motifs is 1. The fourth-order valence-electron chi connectivity index (χ4n) is 2.60. The summed E-state index contributed by atoms with van der Waals surface area (Å²) in [6.45, 7) is 2.00. The third-order valence-electron chi connectivity index (χ3n) is 3.81. The zero-order valence-corrected chi connectivity index (χ0v) is 11.9. The quantitative estimate of drug-likeness (QED) is 0.763. The molecular weight excluding hydrogens is 297 g/mol. The predicted octanol–water partition coefficient (Wildman–Crippen LogP) is 0.963. The van der Waals surface area contributed by atoms with E-state index in [1.165, 1.54) is 4.90 Å². The van der Waals surface area contributed by atoms with Gasteiger partial charge in [0.05, 0.1) is 5.39 Å². The van der Waals surface area contributed by atoms with E-state index in [2.05, 4.69) is 9.97 Å². The number of nitrogen functional groups attached to an aromatic ring is 2. The first kappa shape index (κ1) is 14.6. The third kappa shape index (κ3) is 2.17. The summed E-state index contributed by atoms with van der Waals surface area (Å²) in [5.74, 6) is -4.20. The fourth-order valence-corrected chi connectivity index (χ4v) is 2.60. The summed E-state index contributed by atoms with van der Waals surface area (Å²) < 4.78 is 43.3. The smallest absolute Gasteiger partial charge is 0.222 e. The fraction of sp³-hybridized carbons (Fsp3) is 0.385. The van der Waals surface area contributed by atoms with Crippen LogP contribution in [-0.4, -0.2) is 48.1 Å². The second kappa shape index (κ2) is 5.16. The van der Waals surface area contributed by atoms with Crippen molar-refractivity contribution in [2.24, 2.45) is 0 Å². The summed E-state index contributed by atoms with van der Waals surface area (Å²) in [5, 5.41) is -0.484. The SMILES string of the molecule is CN1CCN(c2c(F)c(F)c3c(N)nc(N)nc3c2F)CC1. The van der Waals surface area contributed by atoms with Gasteiger partial charge in [0.2, 0.25) is 5.95 Å². The van der Waals surface area contributed by atoms with Crippen LogP contribution >= 0.6 is 0 Å². The summed E-state index contributed by atoms with van der Waals surface area (Å²) in [7, 11) is 1.90. The first-order chi connectivity index (χ1) is 10.4. The summed E-state index contributed by atoms with van der Waals surface area (Å²) in [4.78, 5) is 10.7. The highest BCUT2D eigenvalue weighted by atomic mass is 19.2. The zero-order valence-electron chi connectivity index (χ0n) is 11.9. The lowest BCUT2D eigenvalue weighted by Gasteiger charge is -2.34. The Morgan fingerprint density at radius 3 is 2.18 bits per heavy atom. The second-order valence-electron chi connectivity index (χ2n) is 5.27. The molecule has 2 aromatic rings. The largest absolute Gasteiger partial charge is 0.383 e. The highest BCUT2D eigenvalue weighted by molar-refractivity contribution is 5.92. The number of anilines is 3. The van der Waals surface area contributed by atoms with Gasteiger partial charge in [0.1, 0.15) is 17.0 Å². The molecule has 1 aliphatic heterocycles. The van der Waals surface area contributed by atoms with Gasteiger partial charge in [-0.3, -0.25) is 0 Å². The highest BCUT2D eigenvalue weighted by Gasteiger charge is 2.28. The molecule has 0 radical (unpaired) electrons. The molecule has 6 nitrogen and oxygen atoms in total. The molecule has 0 atom stereocenters. The first-order valence-corrected chi connectivity index (χ1v) is 6.72. The first-order valence-electron chi connectivity index (χ1n) is 6.72. The average Bonchev–Trinajstić information content (AvgIpc) is 2.46. The van der Waals surface area contributed by atoms with E-state index in [1.807, 2.05) is 11.9 Å². The van der Waals surface area contributed by atoms with E-state index in [9.17, 15) is 13.2 Å².